The first-order chi connectivity index (χ1) is 4.00. The van der Waals surface area contributed by atoms with Crippen LogP contribution in [0.1, 0.15) is 19.3 Å². The summed E-state index contributed by atoms with van der Waals surface area (Å²) in [6, 6.07) is 0. The van der Waals surface area contributed by atoms with Gasteiger partial charge in [-0.3, -0.25) is 4.79 Å². The van der Waals surface area contributed by atoms with Crippen molar-refractivity contribution >= 4 is 6.79 Å². The molecule has 0 unspecified atom stereocenters. The van der Waals surface area contributed by atoms with E-state index in [-0.39, 0.29) is 0 Å². The van der Waals surface area contributed by atoms with E-state index in [9.17, 15) is 0 Å². The topological polar surface area (TPSA) is 29.1 Å². The van der Waals surface area contributed by atoms with Crippen LogP contribution in [0.15, 0.2) is 0 Å². The molecule has 0 spiro atoms. The predicted octanol–water partition coefficient (Wildman–Crippen LogP) is 0.363. The Bertz CT molecular complexity index is 32.3. The second kappa shape index (κ2) is 6.63. The van der Waals surface area contributed by atoms with Crippen LogP contribution in [0, 0.1) is 0 Å². The maximum atomic E-state index is 7.50. The summed E-state index contributed by atoms with van der Waals surface area (Å²) in [5.41, 5.74) is 0. The Morgan fingerprint density at radius 3 is 1.62 bits per heavy atom. The van der Waals surface area contributed by atoms with Gasteiger partial charge >= 0.3 is 0 Å². The molecule has 0 bridgehead atoms. The standard InChI is InChI=1S/C5H11N.CO/c1-2-4-6-5-3-1;1-2/h6H,1-5H2;. The van der Waals surface area contributed by atoms with Crippen molar-refractivity contribution in [3.8, 4) is 0 Å². The Morgan fingerprint density at radius 1 is 1.00 bits per heavy atom. The molecule has 0 atom stereocenters. The maximum absolute atomic E-state index is 7.50. The van der Waals surface area contributed by atoms with E-state index in [2.05, 4.69) is 12.1 Å². The second-order valence-corrected chi connectivity index (χ2v) is 1.81. The van der Waals surface area contributed by atoms with Gasteiger partial charge in [0.25, 0.3) is 6.79 Å². The summed E-state index contributed by atoms with van der Waals surface area (Å²) in [7, 11) is 0. The molecular formula is C6H11NO. The zero-order valence-electron chi connectivity index (χ0n) is 4.94. The molecule has 1 N–H and O–H groups in total. The van der Waals surface area contributed by atoms with Gasteiger partial charge in [-0.1, -0.05) is 6.42 Å². The first-order valence-electron chi connectivity index (χ1n) is 2.91. The Balaban J connectivity index is 0.000000222. The fourth-order valence-corrected chi connectivity index (χ4v) is 0.802. The van der Waals surface area contributed by atoms with Gasteiger partial charge < -0.3 is 5.32 Å². The minimum absolute atomic E-state index is 1.25. The van der Waals surface area contributed by atoms with E-state index >= 15 is 0 Å². The fraction of sp³-hybridized carbons (Fsp3) is 0.833. The van der Waals surface area contributed by atoms with Crippen molar-refractivity contribution in [2.45, 2.75) is 19.3 Å². The molecule has 1 fully saturated rings. The largest absolute Gasteiger partial charge is 0.317 e. The number of carbonyl (C=O) groups excluding carboxylic acids is 1. The molecule has 0 saturated carbocycles. The first kappa shape index (κ1) is 7.63. The Labute approximate surface area is 50.3 Å². The molecule has 1 saturated heterocycles. The molecule has 1 aliphatic rings. The van der Waals surface area contributed by atoms with E-state index in [0.29, 0.717) is 0 Å². The number of hydrogen-bond acceptors (Lipinski definition) is 2. The van der Waals surface area contributed by atoms with Gasteiger partial charge in [0, 0.05) is 0 Å². The van der Waals surface area contributed by atoms with Gasteiger partial charge in [0.2, 0.25) is 0 Å². The van der Waals surface area contributed by atoms with Gasteiger partial charge in [0.05, 0.1) is 0 Å². The lowest BCUT2D eigenvalue weighted by Gasteiger charge is -2.08. The summed E-state index contributed by atoms with van der Waals surface area (Å²) in [4.78, 5) is 7.50. The van der Waals surface area contributed by atoms with E-state index in [4.69, 9.17) is 4.79 Å². The number of hydrogen-bond donors (Lipinski definition) is 1. The van der Waals surface area contributed by atoms with Crippen molar-refractivity contribution in [2.75, 3.05) is 13.1 Å². The van der Waals surface area contributed by atoms with Crippen molar-refractivity contribution < 1.29 is 4.79 Å². The van der Waals surface area contributed by atoms with Gasteiger partial charge in [0.1, 0.15) is 0 Å². The molecule has 1 heterocycles. The Kier molecular flexibility index (Phi) is 6.32. The minimum Gasteiger partial charge on any atom is -0.317 e. The highest BCUT2D eigenvalue weighted by Crippen LogP contribution is 1.96. The van der Waals surface area contributed by atoms with E-state index in [1.54, 1.807) is 0 Å². The van der Waals surface area contributed by atoms with Crippen molar-refractivity contribution in [1.82, 2.24) is 5.32 Å². The van der Waals surface area contributed by atoms with E-state index in [0.717, 1.165) is 0 Å². The first-order valence-corrected chi connectivity index (χ1v) is 2.91. The van der Waals surface area contributed by atoms with Gasteiger partial charge in [-0.15, -0.1) is 0 Å². The predicted molar refractivity (Wildman–Crippen MR) is 32.4 cm³/mol. The molecule has 8 heavy (non-hydrogen) atoms. The van der Waals surface area contributed by atoms with Gasteiger partial charge in [0.15, 0.2) is 0 Å². The van der Waals surface area contributed by atoms with Crippen LogP contribution in [0.25, 0.3) is 0 Å². The molecule has 46 valence electrons. The average Bonchev–Trinajstić information content (AvgIpc) is 1.96. The number of nitrogens with one attached hydrogen (secondary N) is 1. The highest BCUT2D eigenvalue weighted by Gasteiger charge is 1.93. The van der Waals surface area contributed by atoms with E-state index in [1.165, 1.54) is 32.4 Å². The lowest BCUT2D eigenvalue weighted by molar-refractivity contribution is 0.520. The van der Waals surface area contributed by atoms with Gasteiger partial charge in [-0.2, -0.15) is 0 Å². The lowest BCUT2D eigenvalue weighted by atomic mass is 10.2. The fourth-order valence-electron chi connectivity index (χ4n) is 0.802. The minimum atomic E-state index is 1.25. The zero-order valence-corrected chi connectivity index (χ0v) is 4.94. The molecular weight excluding hydrogens is 102 g/mol. The smallest absolute Gasteiger partial charge is 0.281 e. The molecule has 0 aromatic carbocycles. The number of piperidine rings is 1. The summed E-state index contributed by atoms with van der Waals surface area (Å²) < 4.78 is 0. The maximum Gasteiger partial charge on any atom is 0.281 e. The molecule has 2 radical (unpaired) electrons. The van der Waals surface area contributed by atoms with Crippen LogP contribution < -0.4 is 5.32 Å². The number of rotatable bonds is 0. The van der Waals surface area contributed by atoms with Crippen molar-refractivity contribution in [3.05, 3.63) is 0 Å². The van der Waals surface area contributed by atoms with E-state index < -0.39 is 0 Å². The third kappa shape index (κ3) is 3.81. The SMILES string of the molecule is C1CCNCC1.[C]=O. The van der Waals surface area contributed by atoms with Crippen LogP contribution in [0.4, 0.5) is 0 Å². The highest BCUT2D eigenvalue weighted by molar-refractivity contribution is 5.12. The molecule has 1 rings (SSSR count). The van der Waals surface area contributed by atoms with Crippen molar-refractivity contribution in [2.24, 2.45) is 0 Å². The van der Waals surface area contributed by atoms with Crippen LogP contribution in [0.2, 0.25) is 0 Å². The highest BCUT2D eigenvalue weighted by atomic mass is 16.1. The molecule has 0 aromatic heterocycles. The van der Waals surface area contributed by atoms with Crippen LogP contribution in [-0.4, -0.2) is 19.9 Å². The second-order valence-electron chi connectivity index (χ2n) is 1.81. The monoisotopic (exact) mass is 113 g/mol. The van der Waals surface area contributed by atoms with Crippen LogP contribution in [-0.2, 0) is 4.79 Å². The van der Waals surface area contributed by atoms with Crippen molar-refractivity contribution in [3.63, 3.8) is 0 Å². The van der Waals surface area contributed by atoms with Gasteiger partial charge in [-0.25, -0.2) is 0 Å². The van der Waals surface area contributed by atoms with Crippen LogP contribution in [0.3, 0.4) is 0 Å². The summed E-state index contributed by atoms with van der Waals surface area (Å²) in [6.07, 6.45) is 4.22. The summed E-state index contributed by atoms with van der Waals surface area (Å²) in [5, 5.41) is 3.28. The molecule has 2 nitrogen and oxygen atoms in total. The van der Waals surface area contributed by atoms with Crippen LogP contribution >= 0.6 is 0 Å². The van der Waals surface area contributed by atoms with Crippen molar-refractivity contribution in [1.29, 1.82) is 0 Å². The molecule has 0 aromatic rings. The average molecular weight is 113 g/mol. The third-order valence-electron chi connectivity index (χ3n) is 1.21. The third-order valence-corrected chi connectivity index (χ3v) is 1.21. The lowest BCUT2D eigenvalue weighted by Crippen LogP contribution is -2.21. The Morgan fingerprint density at radius 2 is 1.50 bits per heavy atom. The molecule has 2 heteroatoms. The summed E-state index contributed by atoms with van der Waals surface area (Å²) in [6.45, 7) is 7.00. The molecule has 1 aliphatic heterocycles. The molecule has 0 amide bonds. The summed E-state index contributed by atoms with van der Waals surface area (Å²) in [5.74, 6) is 0. The normalized spacial score (nSPS) is 18.5. The van der Waals surface area contributed by atoms with Gasteiger partial charge in [-0.05, 0) is 25.9 Å². The quantitative estimate of drug-likeness (QED) is 0.491. The summed E-state index contributed by atoms with van der Waals surface area (Å²) >= 11 is 0. The molecule has 0 aliphatic carbocycles. The Hall–Kier alpha value is -0.370. The van der Waals surface area contributed by atoms with E-state index in [1.807, 2.05) is 0 Å². The zero-order chi connectivity index (χ0) is 6.24. The van der Waals surface area contributed by atoms with Crippen LogP contribution in [0.5, 0.6) is 0 Å².